The Bertz CT molecular complexity index is 424. The molecule has 0 aliphatic heterocycles. The van der Waals surface area contributed by atoms with Crippen LogP contribution in [0.3, 0.4) is 0 Å². The third kappa shape index (κ3) is 2.74. The number of halogens is 1. The SMILES string of the molecule is CCc1cc(CC(=O)O)cc(CCl)c1C#N. The van der Waals surface area contributed by atoms with Gasteiger partial charge in [0.15, 0.2) is 0 Å². The van der Waals surface area contributed by atoms with Crippen molar-refractivity contribution in [3.63, 3.8) is 0 Å². The zero-order chi connectivity index (χ0) is 12.1. The summed E-state index contributed by atoms with van der Waals surface area (Å²) in [6.07, 6.45) is 0.656. The van der Waals surface area contributed by atoms with E-state index in [-0.39, 0.29) is 12.3 Å². The first-order chi connectivity index (χ1) is 7.62. The molecule has 1 aromatic carbocycles. The van der Waals surface area contributed by atoms with Gasteiger partial charge >= 0.3 is 5.97 Å². The standard InChI is InChI=1S/C12H12ClNO2/c1-2-9-3-8(5-12(15)16)4-10(6-13)11(9)7-14/h3-4H,2,5-6H2,1H3,(H,15,16). The van der Waals surface area contributed by atoms with Crippen molar-refractivity contribution in [2.24, 2.45) is 0 Å². The van der Waals surface area contributed by atoms with Crippen molar-refractivity contribution in [3.05, 3.63) is 34.4 Å². The van der Waals surface area contributed by atoms with Crippen LogP contribution >= 0.6 is 11.6 Å². The maximum absolute atomic E-state index is 10.6. The molecule has 3 nitrogen and oxygen atoms in total. The number of carboxylic acids is 1. The van der Waals surface area contributed by atoms with E-state index in [9.17, 15) is 4.79 Å². The minimum atomic E-state index is -0.882. The Hall–Kier alpha value is -1.53. The summed E-state index contributed by atoms with van der Waals surface area (Å²) in [7, 11) is 0. The highest BCUT2D eigenvalue weighted by molar-refractivity contribution is 6.17. The Balaban J connectivity index is 3.27. The fourth-order valence-electron chi connectivity index (χ4n) is 1.64. The molecule has 0 heterocycles. The molecule has 0 amide bonds. The van der Waals surface area contributed by atoms with E-state index >= 15 is 0 Å². The van der Waals surface area contributed by atoms with Gasteiger partial charge in [-0.05, 0) is 23.1 Å². The van der Waals surface area contributed by atoms with Gasteiger partial charge in [0.05, 0.1) is 18.1 Å². The number of benzene rings is 1. The molecule has 0 aliphatic carbocycles. The molecule has 1 rings (SSSR count). The normalized spacial score (nSPS) is 9.81. The molecule has 0 unspecified atom stereocenters. The topological polar surface area (TPSA) is 61.1 Å². The monoisotopic (exact) mass is 237 g/mol. The third-order valence-corrected chi connectivity index (χ3v) is 2.64. The maximum Gasteiger partial charge on any atom is 0.307 e. The predicted molar refractivity (Wildman–Crippen MR) is 61.4 cm³/mol. The zero-order valence-corrected chi connectivity index (χ0v) is 9.71. The molecule has 16 heavy (non-hydrogen) atoms. The summed E-state index contributed by atoms with van der Waals surface area (Å²) in [4.78, 5) is 10.6. The van der Waals surface area contributed by atoms with E-state index < -0.39 is 5.97 Å². The van der Waals surface area contributed by atoms with Crippen molar-refractivity contribution in [2.45, 2.75) is 25.6 Å². The number of nitrogens with zero attached hydrogens (tertiary/aromatic N) is 1. The van der Waals surface area contributed by atoms with Gasteiger partial charge in [0.1, 0.15) is 0 Å². The van der Waals surface area contributed by atoms with Crippen molar-refractivity contribution in [2.75, 3.05) is 0 Å². The average molecular weight is 238 g/mol. The van der Waals surface area contributed by atoms with Crippen LogP contribution in [0.15, 0.2) is 12.1 Å². The van der Waals surface area contributed by atoms with Gasteiger partial charge in [0.2, 0.25) is 0 Å². The molecule has 0 fully saturated rings. The number of hydrogen-bond acceptors (Lipinski definition) is 2. The summed E-state index contributed by atoms with van der Waals surface area (Å²) < 4.78 is 0. The van der Waals surface area contributed by atoms with Gasteiger partial charge in [-0.15, -0.1) is 11.6 Å². The van der Waals surface area contributed by atoms with Crippen LogP contribution in [0.4, 0.5) is 0 Å². The van der Waals surface area contributed by atoms with Crippen LogP contribution in [0.1, 0.15) is 29.2 Å². The predicted octanol–water partition coefficient (Wildman–Crippen LogP) is 2.49. The van der Waals surface area contributed by atoms with E-state index in [4.69, 9.17) is 22.0 Å². The average Bonchev–Trinajstić information content (AvgIpc) is 2.26. The Kier molecular flexibility index (Phi) is 4.33. The molecule has 0 spiro atoms. The molecule has 1 N–H and O–H groups in total. The third-order valence-electron chi connectivity index (χ3n) is 2.35. The van der Waals surface area contributed by atoms with Crippen molar-refractivity contribution in [1.29, 1.82) is 5.26 Å². The van der Waals surface area contributed by atoms with Crippen LogP contribution < -0.4 is 0 Å². The van der Waals surface area contributed by atoms with Crippen LogP contribution in [0.5, 0.6) is 0 Å². The van der Waals surface area contributed by atoms with Crippen molar-refractivity contribution in [1.82, 2.24) is 0 Å². The van der Waals surface area contributed by atoms with Crippen molar-refractivity contribution < 1.29 is 9.90 Å². The van der Waals surface area contributed by atoms with Gasteiger partial charge < -0.3 is 5.11 Å². The number of alkyl halides is 1. The molecule has 0 radical (unpaired) electrons. The molecule has 0 atom stereocenters. The van der Waals surface area contributed by atoms with E-state index in [1.807, 2.05) is 6.92 Å². The highest BCUT2D eigenvalue weighted by Gasteiger charge is 2.10. The van der Waals surface area contributed by atoms with Gasteiger partial charge in [-0.2, -0.15) is 5.26 Å². The molecule has 0 aliphatic rings. The van der Waals surface area contributed by atoms with Gasteiger partial charge in [-0.3, -0.25) is 4.79 Å². The van der Waals surface area contributed by atoms with Crippen molar-refractivity contribution >= 4 is 17.6 Å². The van der Waals surface area contributed by atoms with E-state index in [1.165, 1.54) is 0 Å². The Labute approximate surface area is 99.3 Å². The Morgan fingerprint density at radius 2 is 2.12 bits per heavy atom. The smallest absolute Gasteiger partial charge is 0.307 e. The molecular weight excluding hydrogens is 226 g/mol. The first-order valence-corrected chi connectivity index (χ1v) is 5.48. The summed E-state index contributed by atoms with van der Waals surface area (Å²) in [5, 5.41) is 17.7. The zero-order valence-electron chi connectivity index (χ0n) is 8.96. The van der Waals surface area contributed by atoms with Crippen molar-refractivity contribution in [3.8, 4) is 6.07 Å². The molecule has 0 aromatic heterocycles. The lowest BCUT2D eigenvalue weighted by Crippen LogP contribution is -2.03. The molecule has 1 aromatic rings. The maximum atomic E-state index is 10.6. The summed E-state index contributed by atoms with van der Waals surface area (Å²) in [5.41, 5.74) is 2.84. The van der Waals surface area contributed by atoms with E-state index in [0.717, 1.165) is 5.56 Å². The number of aliphatic carboxylic acids is 1. The lowest BCUT2D eigenvalue weighted by molar-refractivity contribution is -0.136. The summed E-state index contributed by atoms with van der Waals surface area (Å²) in [6.45, 7) is 1.93. The number of carboxylic acid groups (broad SMARTS) is 1. The van der Waals surface area contributed by atoms with Crippen LogP contribution in [-0.2, 0) is 23.5 Å². The van der Waals surface area contributed by atoms with E-state index in [1.54, 1.807) is 12.1 Å². The number of nitriles is 1. The van der Waals surface area contributed by atoms with E-state index in [2.05, 4.69) is 6.07 Å². The highest BCUT2D eigenvalue weighted by Crippen LogP contribution is 2.20. The first-order valence-electron chi connectivity index (χ1n) is 4.94. The van der Waals surface area contributed by atoms with Crippen LogP contribution in [0.25, 0.3) is 0 Å². The molecule has 4 heteroatoms. The second kappa shape index (κ2) is 5.53. The summed E-state index contributed by atoms with van der Waals surface area (Å²) in [6, 6.07) is 5.57. The van der Waals surface area contributed by atoms with Gasteiger partial charge in [-0.1, -0.05) is 19.1 Å². The molecule has 0 saturated carbocycles. The largest absolute Gasteiger partial charge is 0.481 e. The van der Waals surface area contributed by atoms with Crippen LogP contribution in [-0.4, -0.2) is 11.1 Å². The first kappa shape index (κ1) is 12.5. The summed E-state index contributed by atoms with van der Waals surface area (Å²) >= 11 is 5.75. The molecular formula is C12H12ClNO2. The van der Waals surface area contributed by atoms with Crippen LogP contribution in [0.2, 0.25) is 0 Å². The number of rotatable bonds is 4. The fraction of sp³-hybridized carbons (Fsp3) is 0.333. The van der Waals surface area contributed by atoms with Gasteiger partial charge in [0, 0.05) is 5.88 Å². The highest BCUT2D eigenvalue weighted by atomic mass is 35.5. The second-order valence-electron chi connectivity index (χ2n) is 3.46. The van der Waals surface area contributed by atoms with Gasteiger partial charge in [0.25, 0.3) is 0 Å². The minimum Gasteiger partial charge on any atom is -0.481 e. The summed E-state index contributed by atoms with van der Waals surface area (Å²) in [5.74, 6) is -0.657. The number of carbonyl (C=O) groups is 1. The second-order valence-corrected chi connectivity index (χ2v) is 3.73. The van der Waals surface area contributed by atoms with E-state index in [0.29, 0.717) is 23.1 Å². The Morgan fingerprint density at radius 3 is 2.56 bits per heavy atom. The minimum absolute atomic E-state index is 0.0391. The number of aryl methyl sites for hydroxylation is 1. The lowest BCUT2D eigenvalue weighted by atomic mass is 9.96. The molecule has 0 saturated heterocycles. The fourth-order valence-corrected chi connectivity index (χ4v) is 1.86. The molecule has 84 valence electrons. The Morgan fingerprint density at radius 1 is 1.50 bits per heavy atom. The van der Waals surface area contributed by atoms with Crippen LogP contribution in [0, 0.1) is 11.3 Å². The van der Waals surface area contributed by atoms with Gasteiger partial charge in [-0.25, -0.2) is 0 Å². The molecule has 0 bridgehead atoms. The lowest BCUT2D eigenvalue weighted by Gasteiger charge is -2.08. The quantitative estimate of drug-likeness (QED) is 0.819. The number of hydrogen-bond donors (Lipinski definition) is 1.